The standard InChI is InChI=1S/C26H27Cl3F6N2O2/c1-13-9-17(7-8-18(13)23(38)36-16(4)24(39)37(6)12-26(33,34)35)21(30)11-19(25(5,31)32)14(2)10-20(28)22(29)15(3)27/h7-11,16,19H,2,12H2,1,3-6H3,(H,36,38)/b20-10+,21-11-,22-15-/t16-,19?/m1/s1. The first-order valence-corrected chi connectivity index (χ1v) is 12.4. The molecule has 1 N–H and O–H groups in total. The number of carbonyl (C=O) groups excluding carboxylic acids is 2. The fourth-order valence-electron chi connectivity index (χ4n) is 3.38. The molecule has 0 saturated heterocycles. The fourth-order valence-corrected chi connectivity index (χ4v) is 3.87. The topological polar surface area (TPSA) is 49.4 Å². The van der Waals surface area contributed by atoms with E-state index in [2.05, 4.69) is 11.9 Å². The maximum absolute atomic E-state index is 15.1. The number of nitrogens with zero attached hydrogens (tertiary/aromatic N) is 1. The molecule has 2 amide bonds. The van der Waals surface area contributed by atoms with Gasteiger partial charge in [-0.1, -0.05) is 47.4 Å². The molecule has 1 unspecified atom stereocenters. The molecule has 0 spiro atoms. The van der Waals surface area contributed by atoms with E-state index in [9.17, 15) is 31.5 Å². The zero-order valence-electron chi connectivity index (χ0n) is 21.6. The Morgan fingerprint density at radius 1 is 1.15 bits per heavy atom. The number of hydrogen-bond acceptors (Lipinski definition) is 2. The van der Waals surface area contributed by atoms with Crippen molar-refractivity contribution in [3.05, 3.63) is 74.3 Å². The van der Waals surface area contributed by atoms with E-state index >= 15 is 4.39 Å². The number of alkyl halides is 5. The van der Waals surface area contributed by atoms with Crippen LogP contribution in [-0.2, 0) is 4.79 Å². The van der Waals surface area contributed by atoms with Crippen LogP contribution in [0.4, 0.5) is 26.3 Å². The molecule has 0 aromatic heterocycles. The third kappa shape index (κ3) is 10.6. The Labute approximate surface area is 238 Å². The van der Waals surface area contributed by atoms with E-state index in [1.807, 2.05) is 0 Å². The highest BCUT2D eigenvalue weighted by molar-refractivity contribution is 6.47. The summed E-state index contributed by atoms with van der Waals surface area (Å²) in [6.45, 7) is 6.73. The second-order valence-electron chi connectivity index (χ2n) is 8.90. The lowest BCUT2D eigenvalue weighted by atomic mass is 9.92. The predicted molar refractivity (Wildman–Crippen MR) is 142 cm³/mol. The number of allylic oxidation sites excluding steroid dienone is 6. The zero-order valence-corrected chi connectivity index (χ0v) is 23.9. The van der Waals surface area contributed by atoms with E-state index < -0.39 is 48.2 Å². The van der Waals surface area contributed by atoms with Crippen LogP contribution in [-0.4, -0.2) is 48.4 Å². The van der Waals surface area contributed by atoms with Crippen molar-refractivity contribution >= 4 is 52.4 Å². The maximum atomic E-state index is 15.1. The fraction of sp³-hybridized carbons (Fsp3) is 0.385. The number of amides is 2. The van der Waals surface area contributed by atoms with Crippen LogP contribution < -0.4 is 5.32 Å². The number of likely N-dealkylation sites (N-methyl/N-ethyl adjacent to an activating group) is 1. The molecule has 0 aliphatic heterocycles. The lowest BCUT2D eigenvalue weighted by Gasteiger charge is -2.23. The number of carbonyl (C=O) groups is 2. The molecule has 0 aliphatic rings. The zero-order chi connectivity index (χ0) is 30.5. The molecule has 0 aliphatic carbocycles. The second-order valence-corrected chi connectivity index (χ2v) is 10.2. The molecule has 1 aromatic carbocycles. The van der Waals surface area contributed by atoms with Crippen molar-refractivity contribution in [2.45, 2.75) is 45.8 Å². The minimum Gasteiger partial charge on any atom is -0.341 e. The molecule has 13 heteroatoms. The first-order chi connectivity index (χ1) is 17.7. The van der Waals surface area contributed by atoms with Crippen molar-refractivity contribution in [3.8, 4) is 0 Å². The van der Waals surface area contributed by atoms with Crippen molar-refractivity contribution in [2.24, 2.45) is 5.92 Å². The first kappa shape index (κ1) is 34.6. The average molecular weight is 620 g/mol. The number of aryl methyl sites for hydroxylation is 1. The Bertz CT molecular complexity index is 1200. The van der Waals surface area contributed by atoms with Gasteiger partial charge in [0.05, 0.1) is 16.0 Å². The Morgan fingerprint density at radius 3 is 2.18 bits per heavy atom. The molecule has 1 rings (SSSR count). The van der Waals surface area contributed by atoms with Gasteiger partial charge in [-0.3, -0.25) is 9.59 Å². The van der Waals surface area contributed by atoms with E-state index in [0.29, 0.717) is 17.9 Å². The van der Waals surface area contributed by atoms with Gasteiger partial charge >= 0.3 is 6.18 Å². The summed E-state index contributed by atoms with van der Waals surface area (Å²) in [5, 5.41) is 2.15. The molecule has 0 saturated carbocycles. The molecule has 0 bridgehead atoms. The third-order valence-corrected chi connectivity index (χ3v) is 6.51. The summed E-state index contributed by atoms with van der Waals surface area (Å²) in [7, 11) is 0.948. The number of hydrogen-bond donors (Lipinski definition) is 1. The van der Waals surface area contributed by atoms with Gasteiger partial charge < -0.3 is 10.2 Å². The van der Waals surface area contributed by atoms with Crippen LogP contribution >= 0.6 is 34.8 Å². The number of benzene rings is 1. The summed E-state index contributed by atoms with van der Waals surface area (Å²) in [5.41, 5.74) is -0.169. The van der Waals surface area contributed by atoms with E-state index in [1.54, 1.807) is 0 Å². The highest BCUT2D eigenvalue weighted by atomic mass is 35.5. The van der Waals surface area contributed by atoms with E-state index in [0.717, 1.165) is 19.2 Å². The van der Waals surface area contributed by atoms with Crippen LogP contribution in [0.5, 0.6) is 0 Å². The summed E-state index contributed by atoms with van der Waals surface area (Å²) in [6.07, 6.45) is -2.91. The molecular formula is C26H27Cl3F6N2O2. The van der Waals surface area contributed by atoms with Gasteiger partial charge in [0, 0.05) is 30.1 Å². The highest BCUT2D eigenvalue weighted by Crippen LogP contribution is 2.36. The minimum absolute atomic E-state index is 0.000885. The quantitative estimate of drug-likeness (QED) is 0.213. The summed E-state index contributed by atoms with van der Waals surface area (Å²) < 4.78 is 81.4. The molecule has 0 heterocycles. The SMILES string of the molecule is C=C(/C=C(Cl)\C(Cl)=C(/C)Cl)C(/C=C(\F)c1ccc(C(=O)N[C@H](C)C(=O)N(C)CC(F)(F)F)c(C)c1)C(C)(F)F. The van der Waals surface area contributed by atoms with Crippen molar-refractivity contribution in [2.75, 3.05) is 13.6 Å². The highest BCUT2D eigenvalue weighted by Gasteiger charge is 2.35. The average Bonchev–Trinajstić information content (AvgIpc) is 2.78. The van der Waals surface area contributed by atoms with Gasteiger partial charge in [-0.2, -0.15) is 13.2 Å². The van der Waals surface area contributed by atoms with Crippen molar-refractivity contribution in [1.82, 2.24) is 10.2 Å². The van der Waals surface area contributed by atoms with Crippen molar-refractivity contribution < 1.29 is 35.9 Å². The number of rotatable bonds is 10. The van der Waals surface area contributed by atoms with Crippen LogP contribution in [0.3, 0.4) is 0 Å². The summed E-state index contributed by atoms with van der Waals surface area (Å²) in [5.74, 6) is -8.09. The molecule has 39 heavy (non-hydrogen) atoms. The Hall–Kier alpha value is -2.43. The lowest BCUT2D eigenvalue weighted by molar-refractivity contribution is -0.159. The van der Waals surface area contributed by atoms with Gasteiger partial charge in [0.15, 0.2) is 0 Å². The minimum atomic E-state index is -4.61. The van der Waals surface area contributed by atoms with Crippen molar-refractivity contribution in [3.63, 3.8) is 0 Å². The van der Waals surface area contributed by atoms with Gasteiger partial charge in [0.1, 0.15) is 18.4 Å². The molecular weight excluding hydrogens is 593 g/mol. The molecule has 2 atom stereocenters. The van der Waals surface area contributed by atoms with Crippen LogP contribution in [0.1, 0.15) is 42.3 Å². The summed E-state index contributed by atoms with van der Waals surface area (Å²) >= 11 is 17.7. The van der Waals surface area contributed by atoms with Gasteiger partial charge in [-0.15, -0.1) is 0 Å². The van der Waals surface area contributed by atoms with Gasteiger partial charge in [-0.05, 0) is 56.2 Å². The van der Waals surface area contributed by atoms with Gasteiger partial charge in [0.25, 0.3) is 11.8 Å². The van der Waals surface area contributed by atoms with Crippen LogP contribution in [0.2, 0.25) is 0 Å². The third-order valence-electron chi connectivity index (χ3n) is 5.34. The Balaban J connectivity index is 3.19. The van der Waals surface area contributed by atoms with E-state index in [1.165, 1.54) is 32.9 Å². The normalized spacial score (nSPS) is 15.3. The molecule has 0 radical (unpaired) electrons. The smallest absolute Gasteiger partial charge is 0.341 e. The second kappa shape index (κ2) is 13.8. The largest absolute Gasteiger partial charge is 0.406 e. The first-order valence-electron chi connectivity index (χ1n) is 11.2. The molecule has 4 nitrogen and oxygen atoms in total. The monoisotopic (exact) mass is 618 g/mol. The molecule has 0 fully saturated rings. The summed E-state index contributed by atoms with van der Waals surface area (Å²) in [4.78, 5) is 25.2. The number of halogens is 9. The van der Waals surface area contributed by atoms with Gasteiger partial charge in [0.2, 0.25) is 5.91 Å². The maximum Gasteiger partial charge on any atom is 0.406 e. The van der Waals surface area contributed by atoms with Crippen LogP contribution in [0.25, 0.3) is 5.83 Å². The molecule has 1 aromatic rings. The van der Waals surface area contributed by atoms with Crippen molar-refractivity contribution in [1.29, 1.82) is 0 Å². The lowest BCUT2D eigenvalue weighted by Crippen LogP contribution is -2.48. The van der Waals surface area contributed by atoms with Crippen LogP contribution in [0, 0.1) is 12.8 Å². The van der Waals surface area contributed by atoms with Crippen LogP contribution in [0.15, 0.2) is 57.6 Å². The molecule has 216 valence electrons. The number of nitrogens with one attached hydrogen (secondary N) is 1. The Morgan fingerprint density at radius 2 is 1.72 bits per heavy atom. The Kier molecular flexibility index (Phi) is 12.2. The van der Waals surface area contributed by atoms with Gasteiger partial charge in [-0.25, -0.2) is 13.2 Å². The van der Waals surface area contributed by atoms with E-state index in [4.69, 9.17) is 34.8 Å². The predicted octanol–water partition coefficient (Wildman–Crippen LogP) is 8.10. The summed E-state index contributed by atoms with van der Waals surface area (Å²) in [6, 6.07) is 2.28. The van der Waals surface area contributed by atoms with E-state index in [-0.39, 0.29) is 37.4 Å².